The highest BCUT2D eigenvalue weighted by Crippen LogP contribution is 2.17. The van der Waals surface area contributed by atoms with Crippen LogP contribution in [0, 0.1) is 5.82 Å². The fourth-order valence-corrected chi connectivity index (χ4v) is 2.03. The predicted molar refractivity (Wildman–Crippen MR) is 89.2 cm³/mol. The van der Waals surface area contributed by atoms with Gasteiger partial charge in [0.25, 0.3) is 0 Å². The summed E-state index contributed by atoms with van der Waals surface area (Å²) in [5.74, 6) is 0.0311. The number of alkyl halides is 3. The Labute approximate surface area is 148 Å². The molecule has 5 nitrogen and oxygen atoms in total. The molecule has 1 heterocycles. The number of benzene rings is 1. The molecule has 0 saturated heterocycles. The van der Waals surface area contributed by atoms with Gasteiger partial charge in [0.1, 0.15) is 5.82 Å². The Bertz CT molecular complexity index is 750. The zero-order valence-electron chi connectivity index (χ0n) is 14.0. The van der Waals surface area contributed by atoms with Crippen LogP contribution in [0.1, 0.15) is 11.1 Å². The molecule has 2 aromatic rings. The zero-order valence-corrected chi connectivity index (χ0v) is 14.0. The Balaban J connectivity index is 1.86. The van der Waals surface area contributed by atoms with Crippen molar-refractivity contribution in [3.05, 3.63) is 59.5 Å². The lowest BCUT2D eigenvalue weighted by Crippen LogP contribution is -2.36. The Morgan fingerprint density at radius 2 is 1.81 bits per heavy atom. The van der Waals surface area contributed by atoms with E-state index in [1.54, 1.807) is 25.2 Å². The van der Waals surface area contributed by atoms with Crippen molar-refractivity contribution in [3.8, 4) is 5.88 Å². The van der Waals surface area contributed by atoms with Crippen molar-refractivity contribution >= 4 is 5.96 Å². The first-order valence-electron chi connectivity index (χ1n) is 7.69. The third-order valence-corrected chi connectivity index (χ3v) is 3.22. The molecule has 2 N–H and O–H groups in total. The number of pyridine rings is 1. The van der Waals surface area contributed by atoms with Crippen LogP contribution in [0.3, 0.4) is 0 Å². The molecular formula is C17H18F4N4O. The molecule has 0 unspecified atom stereocenters. The van der Waals surface area contributed by atoms with Crippen LogP contribution in [0.4, 0.5) is 17.6 Å². The van der Waals surface area contributed by atoms with Gasteiger partial charge in [-0.1, -0.05) is 12.1 Å². The second kappa shape index (κ2) is 9.02. The largest absolute Gasteiger partial charge is 0.468 e. The normalized spacial score (nSPS) is 12.0. The summed E-state index contributed by atoms with van der Waals surface area (Å²) in [5.41, 5.74) is 1.42. The minimum absolute atomic E-state index is 0.107. The smallest absolute Gasteiger partial charge is 0.422 e. The lowest BCUT2D eigenvalue weighted by molar-refractivity contribution is -0.154. The minimum Gasteiger partial charge on any atom is -0.468 e. The van der Waals surface area contributed by atoms with Crippen LogP contribution in [0.2, 0.25) is 0 Å². The number of nitrogens with one attached hydrogen (secondary N) is 2. The van der Waals surface area contributed by atoms with Crippen molar-refractivity contribution in [2.75, 3.05) is 13.7 Å². The van der Waals surface area contributed by atoms with Crippen molar-refractivity contribution in [2.45, 2.75) is 19.3 Å². The fraction of sp³-hybridized carbons (Fsp3) is 0.294. The molecular weight excluding hydrogens is 352 g/mol. The Morgan fingerprint density at radius 1 is 1.12 bits per heavy atom. The van der Waals surface area contributed by atoms with Gasteiger partial charge in [0, 0.05) is 32.4 Å². The average molecular weight is 370 g/mol. The van der Waals surface area contributed by atoms with Crippen LogP contribution >= 0.6 is 0 Å². The molecule has 1 aromatic carbocycles. The van der Waals surface area contributed by atoms with Gasteiger partial charge in [0.05, 0.1) is 0 Å². The van der Waals surface area contributed by atoms with Crippen molar-refractivity contribution < 1.29 is 22.3 Å². The van der Waals surface area contributed by atoms with Gasteiger partial charge in [-0.3, -0.25) is 4.99 Å². The number of hydrogen-bond donors (Lipinski definition) is 2. The number of halogens is 4. The molecule has 0 spiro atoms. The van der Waals surface area contributed by atoms with E-state index in [1.165, 1.54) is 24.4 Å². The van der Waals surface area contributed by atoms with E-state index in [1.807, 2.05) is 0 Å². The fourth-order valence-electron chi connectivity index (χ4n) is 2.03. The third-order valence-electron chi connectivity index (χ3n) is 3.22. The number of rotatable bonds is 6. The van der Waals surface area contributed by atoms with Crippen LogP contribution in [-0.2, 0) is 13.1 Å². The molecule has 0 aliphatic carbocycles. The molecule has 1 aromatic heterocycles. The number of guanidine groups is 1. The lowest BCUT2D eigenvalue weighted by Gasteiger charge is -2.13. The molecule has 9 heteroatoms. The van der Waals surface area contributed by atoms with E-state index in [0.717, 1.165) is 5.56 Å². The standard InChI is InChI=1S/C17H18F4N4O/c1-22-16(24-9-12-3-2-4-14(18)7-12)25-10-13-5-6-23-15(8-13)26-11-17(19,20)21/h2-8H,9-11H2,1H3,(H2,22,24,25). The average Bonchev–Trinajstić information content (AvgIpc) is 2.60. The van der Waals surface area contributed by atoms with Crippen molar-refractivity contribution in [1.82, 2.24) is 15.6 Å². The van der Waals surface area contributed by atoms with Gasteiger partial charge in [-0.2, -0.15) is 13.2 Å². The van der Waals surface area contributed by atoms with Crippen LogP contribution in [-0.4, -0.2) is 30.8 Å². The summed E-state index contributed by atoms with van der Waals surface area (Å²) in [7, 11) is 1.57. The van der Waals surface area contributed by atoms with Gasteiger partial charge in [-0.15, -0.1) is 0 Å². The first kappa shape index (κ1) is 19.5. The molecule has 26 heavy (non-hydrogen) atoms. The van der Waals surface area contributed by atoms with E-state index < -0.39 is 12.8 Å². The molecule has 0 atom stereocenters. The van der Waals surface area contributed by atoms with Crippen LogP contribution in [0.25, 0.3) is 0 Å². The Hall–Kier alpha value is -2.84. The van der Waals surface area contributed by atoms with Crippen molar-refractivity contribution in [3.63, 3.8) is 0 Å². The molecule has 0 amide bonds. The third kappa shape index (κ3) is 6.96. The second-order valence-corrected chi connectivity index (χ2v) is 5.32. The summed E-state index contributed by atoms with van der Waals surface area (Å²) in [6, 6.07) is 9.22. The highest BCUT2D eigenvalue weighted by molar-refractivity contribution is 5.79. The summed E-state index contributed by atoms with van der Waals surface area (Å²) in [4.78, 5) is 7.78. The molecule has 140 valence electrons. The predicted octanol–water partition coefficient (Wildman–Crippen LogP) is 3.03. The summed E-state index contributed by atoms with van der Waals surface area (Å²) < 4.78 is 54.3. The van der Waals surface area contributed by atoms with Gasteiger partial charge < -0.3 is 15.4 Å². The molecule has 0 radical (unpaired) electrons. The maximum atomic E-state index is 13.2. The van der Waals surface area contributed by atoms with E-state index >= 15 is 0 Å². The molecule has 2 rings (SSSR count). The SMILES string of the molecule is CN=C(NCc1cccc(F)c1)NCc1ccnc(OCC(F)(F)F)c1. The van der Waals surface area contributed by atoms with Gasteiger partial charge in [0.2, 0.25) is 5.88 Å². The minimum atomic E-state index is -4.42. The monoisotopic (exact) mass is 370 g/mol. The van der Waals surface area contributed by atoms with E-state index in [9.17, 15) is 17.6 Å². The van der Waals surface area contributed by atoms with E-state index in [0.29, 0.717) is 24.6 Å². The number of ether oxygens (including phenoxy) is 1. The number of hydrogen-bond acceptors (Lipinski definition) is 3. The topological polar surface area (TPSA) is 58.5 Å². The first-order chi connectivity index (χ1) is 12.4. The Morgan fingerprint density at radius 3 is 2.42 bits per heavy atom. The highest BCUT2D eigenvalue weighted by atomic mass is 19.4. The van der Waals surface area contributed by atoms with Crippen molar-refractivity contribution in [1.29, 1.82) is 0 Å². The van der Waals surface area contributed by atoms with E-state index in [4.69, 9.17) is 0 Å². The lowest BCUT2D eigenvalue weighted by atomic mass is 10.2. The first-order valence-corrected chi connectivity index (χ1v) is 7.69. The van der Waals surface area contributed by atoms with Crippen LogP contribution in [0.5, 0.6) is 5.88 Å². The zero-order chi connectivity index (χ0) is 19.0. The van der Waals surface area contributed by atoms with Gasteiger partial charge in [-0.05, 0) is 29.3 Å². The van der Waals surface area contributed by atoms with Gasteiger partial charge in [-0.25, -0.2) is 9.37 Å². The highest BCUT2D eigenvalue weighted by Gasteiger charge is 2.28. The second-order valence-electron chi connectivity index (χ2n) is 5.32. The maximum Gasteiger partial charge on any atom is 0.422 e. The van der Waals surface area contributed by atoms with Crippen molar-refractivity contribution in [2.24, 2.45) is 4.99 Å². The number of aromatic nitrogens is 1. The quantitative estimate of drug-likeness (QED) is 0.466. The van der Waals surface area contributed by atoms with E-state index in [-0.39, 0.29) is 11.7 Å². The molecule has 0 bridgehead atoms. The summed E-state index contributed by atoms with van der Waals surface area (Å²) in [5, 5.41) is 6.03. The molecule has 0 aliphatic rings. The van der Waals surface area contributed by atoms with Crippen LogP contribution < -0.4 is 15.4 Å². The summed E-state index contributed by atoms with van der Waals surface area (Å²) in [6.45, 7) is -0.727. The summed E-state index contributed by atoms with van der Waals surface area (Å²) in [6.07, 6.45) is -3.05. The molecule has 0 aliphatic heterocycles. The van der Waals surface area contributed by atoms with Gasteiger partial charge >= 0.3 is 6.18 Å². The van der Waals surface area contributed by atoms with Crippen LogP contribution in [0.15, 0.2) is 47.6 Å². The molecule has 0 fully saturated rings. The molecule has 0 saturated carbocycles. The number of nitrogens with zero attached hydrogens (tertiary/aromatic N) is 2. The van der Waals surface area contributed by atoms with E-state index in [2.05, 4.69) is 25.3 Å². The summed E-state index contributed by atoms with van der Waals surface area (Å²) >= 11 is 0. The number of aliphatic imine (C=N–C) groups is 1. The Kier molecular flexibility index (Phi) is 6.76. The maximum absolute atomic E-state index is 13.2. The van der Waals surface area contributed by atoms with Gasteiger partial charge in [0.15, 0.2) is 12.6 Å².